The van der Waals surface area contributed by atoms with Crippen molar-refractivity contribution in [3.63, 3.8) is 0 Å². The number of amides is 1. The second-order valence-corrected chi connectivity index (χ2v) is 21.1. The molecule has 14 unspecified atom stereocenters. The molecule has 3 fully saturated rings. The maximum atomic E-state index is 14.7. The summed E-state index contributed by atoms with van der Waals surface area (Å²) in [6.45, 7) is 10.7. The molecule has 15 heteroatoms. The van der Waals surface area contributed by atoms with Gasteiger partial charge < -0.3 is 43.5 Å². The number of carbonyl (C=O) groups is 6. The van der Waals surface area contributed by atoms with Crippen molar-refractivity contribution >= 4 is 35.0 Å². The number of nitrogens with zero attached hydrogens (tertiary/aromatic N) is 1. The lowest BCUT2D eigenvalue weighted by molar-refractivity contribution is -0.302. The van der Waals surface area contributed by atoms with E-state index in [4.69, 9.17) is 28.4 Å². The molecule has 1 aliphatic carbocycles. The first-order valence-electron chi connectivity index (χ1n) is 26.4. The van der Waals surface area contributed by atoms with Crippen LogP contribution >= 0.6 is 0 Å². The molecule has 6 rings (SSSR count). The Labute approximate surface area is 431 Å². The van der Waals surface area contributed by atoms with Crippen LogP contribution in [0.3, 0.4) is 0 Å². The average molecular weight is 1010 g/mol. The predicted molar refractivity (Wildman–Crippen MR) is 272 cm³/mol. The Kier molecular flexibility index (Phi) is 21.0. The number of ether oxygens (including phenoxy) is 6. The lowest BCUT2D eigenvalue weighted by Crippen LogP contribution is -2.64. The second-order valence-electron chi connectivity index (χ2n) is 21.1. The summed E-state index contributed by atoms with van der Waals surface area (Å²) in [7, 11) is 3.05. The van der Waals surface area contributed by atoms with Gasteiger partial charge in [-0.25, -0.2) is 4.79 Å². The van der Waals surface area contributed by atoms with Crippen LogP contribution in [0.25, 0.3) is 0 Å². The zero-order chi connectivity index (χ0) is 53.0. The van der Waals surface area contributed by atoms with Gasteiger partial charge in [0, 0.05) is 56.1 Å². The Balaban J connectivity index is 1.31. The first-order valence-corrected chi connectivity index (χ1v) is 26.4. The lowest BCUT2D eigenvalue weighted by atomic mass is 9.81. The Morgan fingerprint density at radius 1 is 0.795 bits per heavy atom. The maximum absolute atomic E-state index is 14.7. The second kappa shape index (κ2) is 26.7. The highest BCUT2D eigenvalue weighted by Gasteiger charge is 2.56. The van der Waals surface area contributed by atoms with E-state index in [1.54, 1.807) is 69.3 Å². The Hall–Kier alpha value is -4.74. The largest absolute Gasteiger partial charge is 0.456 e. The minimum Gasteiger partial charge on any atom is -0.456 e. The van der Waals surface area contributed by atoms with Crippen molar-refractivity contribution in [2.45, 2.75) is 167 Å². The summed E-state index contributed by atoms with van der Waals surface area (Å²) in [5, 5.41) is 24.2. The smallest absolute Gasteiger partial charge is 0.329 e. The van der Waals surface area contributed by atoms with E-state index >= 15 is 0 Å². The van der Waals surface area contributed by atoms with Crippen LogP contribution in [0.2, 0.25) is 0 Å². The number of methoxy groups -OCH3 is 2. The molecule has 2 bridgehead atoms. The number of rotatable bonds is 13. The summed E-state index contributed by atoms with van der Waals surface area (Å²) >= 11 is 0. The molecular weight excluding hydrogens is 935 g/mol. The molecule has 1 amide bonds. The predicted octanol–water partition coefficient (Wildman–Crippen LogP) is 7.63. The monoisotopic (exact) mass is 1010 g/mol. The van der Waals surface area contributed by atoms with Crippen molar-refractivity contribution in [2.24, 2.45) is 29.6 Å². The third kappa shape index (κ3) is 14.6. The first-order chi connectivity index (χ1) is 34.9. The fourth-order valence-corrected chi connectivity index (χ4v) is 11.3. The van der Waals surface area contributed by atoms with Gasteiger partial charge in [-0.2, -0.15) is 0 Å². The molecule has 2 saturated heterocycles. The summed E-state index contributed by atoms with van der Waals surface area (Å²) in [5.74, 6) is -8.55. The molecule has 15 nitrogen and oxygen atoms in total. The standard InChI is InChI=1S/C58H79NO14/c1-9-41-27-35(2)26-36(3)28-51(68-7)54-52(69-8)30-38(5)58(67,73-54)55(64)56(65)59-25-17-16-22-44(59)57(66)72-53(39(6)45(60)32-46(41)61)37(4)29-40-23-24-49(70-33-47(62)42-18-12-10-13-19-42)50(31-40)71-34-48(63)43-20-14-11-15-21-43/h10-15,18-21,27,29,36,38-41,44-45,49-54,60,67H,9,16-17,22-26,28,30-34H2,1-8H3. The van der Waals surface area contributed by atoms with Gasteiger partial charge in [-0.15, -0.1) is 0 Å². The zero-order valence-corrected chi connectivity index (χ0v) is 44.1. The molecule has 2 aromatic rings. The summed E-state index contributed by atoms with van der Waals surface area (Å²) in [6.07, 6.45) is 2.51. The number of hydrogen-bond acceptors (Lipinski definition) is 14. The van der Waals surface area contributed by atoms with Gasteiger partial charge in [0.25, 0.3) is 11.7 Å². The molecule has 2 aromatic carbocycles. The Bertz CT molecular complexity index is 2260. The Morgan fingerprint density at radius 2 is 1.40 bits per heavy atom. The molecule has 0 spiro atoms. The SMILES string of the molecule is CCC1C=C(C)CC(C)CC(OC)C2OC(O)(C(=O)C(=O)N3CCCCC3C(=O)OC(C(C)=CC3CCC(OCC(=O)c4ccccc4)C(OCC(=O)c4ccccc4)C3)C(C)C(O)CC1=O)C(C)CC2OC. The number of allylic oxidation sites excluding steroid dienone is 3. The van der Waals surface area contributed by atoms with E-state index < -0.39 is 90.0 Å². The van der Waals surface area contributed by atoms with E-state index in [-0.39, 0.29) is 68.2 Å². The molecule has 1 saturated carbocycles. The number of carbonyl (C=O) groups excluding carboxylic acids is 6. The van der Waals surface area contributed by atoms with E-state index in [0.29, 0.717) is 68.1 Å². The molecular formula is C58H79NO14. The minimum atomic E-state index is -2.55. The number of benzene rings is 2. The maximum Gasteiger partial charge on any atom is 0.329 e. The highest BCUT2D eigenvalue weighted by molar-refractivity contribution is 6.39. The van der Waals surface area contributed by atoms with Crippen LogP contribution < -0.4 is 0 Å². The van der Waals surface area contributed by atoms with Gasteiger partial charge in [0.1, 0.15) is 37.2 Å². The van der Waals surface area contributed by atoms with Gasteiger partial charge in [-0.3, -0.25) is 24.0 Å². The van der Waals surface area contributed by atoms with E-state index in [1.807, 2.05) is 45.1 Å². The number of hydrogen-bond donors (Lipinski definition) is 2. The summed E-state index contributed by atoms with van der Waals surface area (Å²) < 4.78 is 37.1. The quantitative estimate of drug-likeness (QED) is 0.0858. The normalized spacial score (nSPS) is 33.7. The van der Waals surface area contributed by atoms with Gasteiger partial charge in [0.15, 0.2) is 11.6 Å². The highest BCUT2D eigenvalue weighted by Crippen LogP contribution is 2.39. The van der Waals surface area contributed by atoms with Gasteiger partial charge in [-0.05, 0) is 95.5 Å². The molecule has 14 atom stereocenters. The number of esters is 1. The third-order valence-electron chi connectivity index (χ3n) is 15.6. The first kappa shape index (κ1) is 57.5. The number of fused-ring (bicyclic) bond motifs is 3. The van der Waals surface area contributed by atoms with Gasteiger partial charge in [-0.1, -0.05) is 106 Å². The van der Waals surface area contributed by atoms with Crippen molar-refractivity contribution in [3.8, 4) is 0 Å². The molecule has 400 valence electrons. The molecule has 0 radical (unpaired) electrons. The van der Waals surface area contributed by atoms with Gasteiger partial charge in [0.05, 0.1) is 30.5 Å². The number of cyclic esters (lactones) is 1. The molecule has 2 N–H and O–H groups in total. The number of ketones is 4. The molecule has 73 heavy (non-hydrogen) atoms. The molecule has 3 aliphatic heterocycles. The highest BCUT2D eigenvalue weighted by atomic mass is 16.7. The number of aliphatic hydroxyl groups is 2. The van der Waals surface area contributed by atoms with Crippen LogP contribution in [0.15, 0.2) is 84.0 Å². The van der Waals surface area contributed by atoms with E-state index in [1.165, 1.54) is 19.1 Å². The van der Waals surface area contributed by atoms with Crippen LogP contribution in [0.4, 0.5) is 0 Å². The van der Waals surface area contributed by atoms with Crippen LogP contribution in [0.1, 0.15) is 133 Å². The number of Topliss-reactive ketones (excluding diaryl/α,β-unsaturated/α-hetero) is 4. The lowest BCUT2D eigenvalue weighted by Gasteiger charge is -2.47. The van der Waals surface area contributed by atoms with Crippen LogP contribution in [0, 0.1) is 29.6 Å². The third-order valence-corrected chi connectivity index (χ3v) is 15.6. The minimum absolute atomic E-state index is 0.00256. The number of aliphatic hydroxyl groups excluding tert-OH is 1. The van der Waals surface area contributed by atoms with E-state index in [9.17, 15) is 39.0 Å². The fourth-order valence-electron chi connectivity index (χ4n) is 11.3. The van der Waals surface area contributed by atoms with E-state index in [2.05, 4.69) is 0 Å². The molecule has 4 aliphatic rings. The fraction of sp³-hybridized carbons (Fsp3) is 0.621. The van der Waals surface area contributed by atoms with Crippen LogP contribution in [-0.2, 0) is 47.6 Å². The molecule has 0 aromatic heterocycles. The average Bonchev–Trinajstić information content (AvgIpc) is 3.39. The summed E-state index contributed by atoms with van der Waals surface area (Å²) in [6, 6.07) is 16.5. The Morgan fingerprint density at radius 3 is 2.00 bits per heavy atom. The summed E-state index contributed by atoms with van der Waals surface area (Å²) in [4.78, 5) is 85.3. The van der Waals surface area contributed by atoms with Crippen LogP contribution in [-0.4, -0.2) is 139 Å². The van der Waals surface area contributed by atoms with Crippen molar-refractivity contribution < 1.29 is 67.4 Å². The molecule has 3 heterocycles. The van der Waals surface area contributed by atoms with Crippen molar-refractivity contribution in [1.82, 2.24) is 4.90 Å². The van der Waals surface area contributed by atoms with E-state index in [0.717, 1.165) is 5.57 Å². The van der Waals surface area contributed by atoms with Gasteiger partial charge >= 0.3 is 5.97 Å². The van der Waals surface area contributed by atoms with Crippen molar-refractivity contribution in [1.29, 1.82) is 0 Å². The zero-order valence-electron chi connectivity index (χ0n) is 44.1. The number of piperidine rings is 1. The summed E-state index contributed by atoms with van der Waals surface area (Å²) in [5.41, 5.74) is 2.56. The van der Waals surface area contributed by atoms with Crippen molar-refractivity contribution in [3.05, 3.63) is 95.1 Å². The van der Waals surface area contributed by atoms with Crippen LogP contribution in [0.5, 0.6) is 0 Å². The van der Waals surface area contributed by atoms with Crippen molar-refractivity contribution in [2.75, 3.05) is 34.0 Å². The topological polar surface area (TPSA) is 201 Å². The van der Waals surface area contributed by atoms with Gasteiger partial charge in [0.2, 0.25) is 5.79 Å².